The standard InChI is InChI=1S/C8H7N3O3/c1-2-13-8(12)6-5-3-9-4-10-7(5)14-11-6/h3-4H,2H2,1H3. The molecular weight excluding hydrogens is 186 g/mol. The fraction of sp³-hybridized carbons (Fsp3) is 0.250. The number of rotatable bonds is 2. The number of esters is 1. The molecule has 14 heavy (non-hydrogen) atoms. The van der Waals surface area contributed by atoms with E-state index in [2.05, 4.69) is 15.1 Å². The molecule has 0 saturated heterocycles. The molecule has 6 nitrogen and oxygen atoms in total. The van der Waals surface area contributed by atoms with E-state index in [0.717, 1.165) is 0 Å². The first-order valence-electron chi connectivity index (χ1n) is 4.05. The van der Waals surface area contributed by atoms with Crippen molar-refractivity contribution in [1.29, 1.82) is 0 Å². The summed E-state index contributed by atoms with van der Waals surface area (Å²) in [6.07, 6.45) is 2.79. The first kappa shape index (κ1) is 8.61. The van der Waals surface area contributed by atoms with Crippen LogP contribution >= 0.6 is 0 Å². The summed E-state index contributed by atoms with van der Waals surface area (Å²) in [7, 11) is 0. The minimum absolute atomic E-state index is 0.113. The smallest absolute Gasteiger partial charge is 0.361 e. The van der Waals surface area contributed by atoms with Crippen molar-refractivity contribution in [3.05, 3.63) is 18.2 Å². The average molecular weight is 193 g/mol. The fourth-order valence-electron chi connectivity index (χ4n) is 1.04. The van der Waals surface area contributed by atoms with Crippen molar-refractivity contribution in [2.75, 3.05) is 6.61 Å². The number of fused-ring (bicyclic) bond motifs is 1. The second kappa shape index (κ2) is 3.41. The number of hydrogen-bond donors (Lipinski definition) is 0. The molecular formula is C8H7N3O3. The molecule has 0 atom stereocenters. The third-order valence-electron chi connectivity index (χ3n) is 1.62. The molecule has 0 aromatic carbocycles. The van der Waals surface area contributed by atoms with Crippen molar-refractivity contribution in [3.63, 3.8) is 0 Å². The van der Waals surface area contributed by atoms with Gasteiger partial charge in [-0.2, -0.15) is 4.98 Å². The first-order valence-corrected chi connectivity index (χ1v) is 4.05. The summed E-state index contributed by atoms with van der Waals surface area (Å²) in [5, 5.41) is 4.03. The van der Waals surface area contributed by atoms with Gasteiger partial charge in [0.25, 0.3) is 5.71 Å². The van der Waals surface area contributed by atoms with Gasteiger partial charge in [-0.3, -0.25) is 0 Å². The van der Waals surface area contributed by atoms with Gasteiger partial charge >= 0.3 is 5.97 Å². The summed E-state index contributed by atoms with van der Waals surface area (Å²) in [6.45, 7) is 2.01. The molecule has 0 aliphatic carbocycles. The van der Waals surface area contributed by atoms with Gasteiger partial charge in [-0.15, -0.1) is 0 Å². The maximum Gasteiger partial charge on any atom is 0.361 e. The first-order chi connectivity index (χ1) is 6.83. The van der Waals surface area contributed by atoms with Gasteiger partial charge < -0.3 is 9.26 Å². The number of carbonyl (C=O) groups excluding carboxylic acids is 1. The summed E-state index contributed by atoms with van der Waals surface area (Å²) in [4.78, 5) is 18.9. The van der Waals surface area contributed by atoms with E-state index in [1.54, 1.807) is 6.92 Å². The van der Waals surface area contributed by atoms with Crippen LogP contribution in [0.4, 0.5) is 0 Å². The van der Waals surface area contributed by atoms with Crippen molar-refractivity contribution < 1.29 is 14.1 Å². The molecule has 0 amide bonds. The molecule has 2 aromatic rings. The Hall–Kier alpha value is -1.98. The monoisotopic (exact) mass is 193 g/mol. The highest BCUT2D eigenvalue weighted by Crippen LogP contribution is 2.14. The van der Waals surface area contributed by atoms with Crippen LogP contribution in [0.3, 0.4) is 0 Å². The van der Waals surface area contributed by atoms with Crippen molar-refractivity contribution >= 4 is 17.1 Å². The Morgan fingerprint density at radius 1 is 1.64 bits per heavy atom. The third kappa shape index (κ3) is 1.30. The van der Waals surface area contributed by atoms with Gasteiger partial charge in [0.2, 0.25) is 5.69 Å². The largest absolute Gasteiger partial charge is 0.461 e. The van der Waals surface area contributed by atoms with E-state index in [0.29, 0.717) is 12.0 Å². The highest BCUT2D eigenvalue weighted by Gasteiger charge is 2.17. The maximum atomic E-state index is 11.3. The molecule has 0 aliphatic rings. The van der Waals surface area contributed by atoms with Crippen LogP contribution in [0, 0.1) is 0 Å². The normalized spacial score (nSPS) is 10.4. The molecule has 0 bridgehead atoms. The van der Waals surface area contributed by atoms with Crippen LogP contribution in [-0.2, 0) is 4.74 Å². The van der Waals surface area contributed by atoms with Gasteiger partial charge in [0.05, 0.1) is 12.0 Å². The van der Waals surface area contributed by atoms with Crippen molar-refractivity contribution in [2.45, 2.75) is 6.92 Å². The van der Waals surface area contributed by atoms with Crippen LogP contribution in [-0.4, -0.2) is 27.7 Å². The lowest BCUT2D eigenvalue weighted by atomic mass is 10.3. The Kier molecular flexibility index (Phi) is 2.10. The SMILES string of the molecule is CCOC(=O)c1noc2ncncc12. The Bertz CT molecular complexity index is 466. The Morgan fingerprint density at radius 3 is 3.29 bits per heavy atom. The Labute approximate surface area is 78.9 Å². The zero-order valence-corrected chi connectivity index (χ0v) is 7.43. The number of carbonyl (C=O) groups is 1. The molecule has 2 rings (SSSR count). The molecule has 0 spiro atoms. The van der Waals surface area contributed by atoms with Crippen molar-refractivity contribution in [3.8, 4) is 0 Å². The molecule has 0 radical (unpaired) electrons. The summed E-state index contributed by atoms with van der Waals surface area (Å²) in [5.41, 5.74) is 0.394. The lowest BCUT2D eigenvalue weighted by Gasteiger charge is -1.95. The lowest BCUT2D eigenvalue weighted by Crippen LogP contribution is -2.05. The Morgan fingerprint density at radius 2 is 2.50 bits per heavy atom. The van der Waals surface area contributed by atoms with Crippen LogP contribution in [0.1, 0.15) is 17.4 Å². The second-order valence-corrected chi connectivity index (χ2v) is 2.49. The lowest BCUT2D eigenvalue weighted by molar-refractivity contribution is 0.0517. The van der Waals surface area contributed by atoms with E-state index in [4.69, 9.17) is 9.26 Å². The van der Waals surface area contributed by atoms with E-state index < -0.39 is 5.97 Å². The average Bonchev–Trinajstić information content (AvgIpc) is 2.61. The van der Waals surface area contributed by atoms with Crippen LogP contribution in [0.5, 0.6) is 0 Å². The molecule has 6 heteroatoms. The highest BCUT2D eigenvalue weighted by atomic mass is 16.5. The van der Waals surface area contributed by atoms with Gasteiger partial charge in [0.15, 0.2) is 0 Å². The summed E-state index contributed by atoms with van der Waals surface area (Å²) < 4.78 is 9.59. The van der Waals surface area contributed by atoms with E-state index >= 15 is 0 Å². The molecule has 0 fully saturated rings. The fourth-order valence-corrected chi connectivity index (χ4v) is 1.04. The van der Waals surface area contributed by atoms with E-state index in [1.807, 2.05) is 0 Å². The highest BCUT2D eigenvalue weighted by molar-refractivity contribution is 5.99. The topological polar surface area (TPSA) is 78.1 Å². The molecule has 72 valence electrons. The molecule has 2 heterocycles. The summed E-state index contributed by atoms with van der Waals surface area (Å²) in [6, 6.07) is 0. The third-order valence-corrected chi connectivity index (χ3v) is 1.62. The van der Waals surface area contributed by atoms with Crippen LogP contribution in [0.25, 0.3) is 11.1 Å². The van der Waals surface area contributed by atoms with Gasteiger partial charge in [-0.05, 0) is 6.92 Å². The zero-order valence-electron chi connectivity index (χ0n) is 7.43. The number of hydrogen-bond acceptors (Lipinski definition) is 6. The predicted octanol–water partition coefficient (Wildman–Crippen LogP) is 0.794. The predicted molar refractivity (Wildman–Crippen MR) is 45.6 cm³/mol. The van der Waals surface area contributed by atoms with Gasteiger partial charge in [0.1, 0.15) is 6.33 Å². The molecule has 0 saturated carbocycles. The van der Waals surface area contributed by atoms with Crippen molar-refractivity contribution in [2.24, 2.45) is 0 Å². The maximum absolute atomic E-state index is 11.3. The summed E-state index contributed by atoms with van der Waals surface area (Å²) >= 11 is 0. The van der Waals surface area contributed by atoms with Gasteiger partial charge in [-0.25, -0.2) is 9.78 Å². The van der Waals surface area contributed by atoms with Crippen LogP contribution in [0.2, 0.25) is 0 Å². The Balaban J connectivity index is 2.47. The minimum atomic E-state index is -0.527. The van der Waals surface area contributed by atoms with Gasteiger partial charge in [-0.1, -0.05) is 5.16 Å². The van der Waals surface area contributed by atoms with E-state index in [-0.39, 0.29) is 11.4 Å². The second-order valence-electron chi connectivity index (χ2n) is 2.49. The molecule has 0 aliphatic heterocycles. The number of ether oxygens (including phenoxy) is 1. The van der Waals surface area contributed by atoms with Crippen LogP contribution in [0.15, 0.2) is 17.0 Å². The van der Waals surface area contributed by atoms with E-state index in [9.17, 15) is 4.79 Å². The van der Waals surface area contributed by atoms with E-state index in [1.165, 1.54) is 12.5 Å². The quantitative estimate of drug-likeness (QED) is 0.656. The molecule has 0 unspecified atom stereocenters. The number of nitrogens with zero attached hydrogens (tertiary/aromatic N) is 3. The molecule has 0 N–H and O–H groups in total. The van der Waals surface area contributed by atoms with Crippen LogP contribution < -0.4 is 0 Å². The van der Waals surface area contributed by atoms with Gasteiger partial charge in [0, 0.05) is 6.20 Å². The minimum Gasteiger partial charge on any atom is -0.461 e. The zero-order chi connectivity index (χ0) is 9.97. The molecule has 2 aromatic heterocycles. The number of aromatic nitrogens is 3. The summed E-state index contributed by atoms with van der Waals surface area (Å²) in [5.74, 6) is -0.527. The van der Waals surface area contributed by atoms with Crippen molar-refractivity contribution in [1.82, 2.24) is 15.1 Å².